The van der Waals surface area contributed by atoms with Gasteiger partial charge in [-0.2, -0.15) is 13.2 Å². The number of rotatable bonds is 3. The summed E-state index contributed by atoms with van der Waals surface area (Å²) in [6, 6.07) is 2.38. The third-order valence-corrected chi connectivity index (χ3v) is 6.89. The molecule has 2 N–H and O–H groups in total. The molecule has 2 aliphatic rings. The molecule has 1 aliphatic heterocycles. The van der Waals surface area contributed by atoms with Crippen LogP contribution in [0.15, 0.2) is 18.2 Å². The Morgan fingerprint density at radius 1 is 1.18 bits per heavy atom. The largest absolute Gasteiger partial charge is 0.410 e. The van der Waals surface area contributed by atoms with Crippen LogP contribution in [0.5, 0.6) is 0 Å². The first-order chi connectivity index (χ1) is 15.5. The number of carbonyl (C=O) groups is 2. The van der Waals surface area contributed by atoms with Crippen molar-refractivity contribution in [3.63, 3.8) is 0 Å². The zero-order valence-electron chi connectivity index (χ0n) is 18.6. The van der Waals surface area contributed by atoms with Crippen molar-refractivity contribution in [2.45, 2.75) is 63.8 Å². The van der Waals surface area contributed by atoms with Crippen LogP contribution >= 0.6 is 0 Å². The fourth-order valence-corrected chi connectivity index (χ4v) is 5.13. The SMILES string of the molecule is CC(=O)N1CCN([C@H]2CCC[C@@H](NC(=O)c3cc4c(F)ccc(C)c4[nH]3)C2)C[C@@H]1C(F)(F)F. The minimum absolute atomic E-state index is 0.0347. The standard InChI is InChI=1S/C23H28F4N4O2/c1-13-6-7-18(24)17-11-19(29-21(13)17)22(33)28-15-4-3-5-16(10-15)30-8-9-31(14(2)32)20(12-30)23(25,26)27/h6-7,11,15-16,20,29H,3-5,8-10,12H2,1-2H3,(H,28,33)/t15-,16+,20-/m1/s1. The number of nitrogens with one attached hydrogen (secondary N) is 2. The van der Waals surface area contributed by atoms with E-state index in [4.69, 9.17) is 0 Å². The van der Waals surface area contributed by atoms with E-state index in [0.29, 0.717) is 23.9 Å². The van der Waals surface area contributed by atoms with E-state index in [9.17, 15) is 27.2 Å². The minimum atomic E-state index is -4.49. The molecule has 0 radical (unpaired) electrons. The second-order valence-corrected chi connectivity index (χ2v) is 9.09. The van der Waals surface area contributed by atoms with Crippen LogP contribution in [0.3, 0.4) is 0 Å². The van der Waals surface area contributed by atoms with E-state index in [-0.39, 0.29) is 36.8 Å². The first-order valence-corrected chi connectivity index (χ1v) is 11.2. The summed E-state index contributed by atoms with van der Waals surface area (Å²) >= 11 is 0. The zero-order chi connectivity index (χ0) is 23.9. The van der Waals surface area contributed by atoms with Gasteiger partial charge in [0, 0.05) is 44.0 Å². The van der Waals surface area contributed by atoms with Gasteiger partial charge >= 0.3 is 6.18 Å². The predicted molar refractivity (Wildman–Crippen MR) is 115 cm³/mol. The van der Waals surface area contributed by atoms with E-state index < -0.39 is 23.9 Å². The fourth-order valence-electron chi connectivity index (χ4n) is 5.13. The molecule has 10 heteroatoms. The highest BCUT2D eigenvalue weighted by Crippen LogP contribution is 2.32. The number of nitrogens with zero attached hydrogens (tertiary/aromatic N) is 2. The number of aryl methyl sites for hydroxylation is 1. The summed E-state index contributed by atoms with van der Waals surface area (Å²) in [5, 5.41) is 3.32. The molecule has 2 heterocycles. The summed E-state index contributed by atoms with van der Waals surface area (Å²) in [7, 11) is 0. The van der Waals surface area contributed by atoms with Crippen molar-refractivity contribution in [3.8, 4) is 0 Å². The van der Waals surface area contributed by atoms with Gasteiger partial charge in [0.25, 0.3) is 5.91 Å². The van der Waals surface area contributed by atoms with Gasteiger partial charge in [-0.3, -0.25) is 14.5 Å². The topological polar surface area (TPSA) is 68.4 Å². The summed E-state index contributed by atoms with van der Waals surface area (Å²) < 4.78 is 54.8. The van der Waals surface area contributed by atoms with Gasteiger partial charge in [0.05, 0.1) is 5.52 Å². The van der Waals surface area contributed by atoms with Gasteiger partial charge in [-0.05, 0) is 50.3 Å². The van der Waals surface area contributed by atoms with E-state index in [1.54, 1.807) is 11.0 Å². The van der Waals surface area contributed by atoms with Gasteiger partial charge in [0.2, 0.25) is 5.91 Å². The molecule has 0 unspecified atom stereocenters. The number of amides is 2. The Hall–Kier alpha value is -2.62. The Bertz CT molecular complexity index is 1010. The van der Waals surface area contributed by atoms with Crippen molar-refractivity contribution in [2.24, 2.45) is 0 Å². The lowest BCUT2D eigenvalue weighted by Gasteiger charge is -2.46. The number of aromatic amines is 1. The lowest BCUT2D eigenvalue weighted by Crippen LogP contribution is -2.62. The van der Waals surface area contributed by atoms with Crippen molar-refractivity contribution < 1.29 is 27.2 Å². The highest BCUT2D eigenvalue weighted by Gasteiger charge is 2.48. The van der Waals surface area contributed by atoms with Gasteiger partial charge in [-0.15, -0.1) is 0 Å². The highest BCUT2D eigenvalue weighted by atomic mass is 19.4. The molecule has 1 aliphatic carbocycles. The molecular weight excluding hydrogens is 440 g/mol. The number of benzene rings is 1. The Kier molecular flexibility index (Phi) is 6.39. The minimum Gasteiger partial charge on any atom is -0.350 e. The molecule has 0 bridgehead atoms. The van der Waals surface area contributed by atoms with Crippen LogP contribution in [0.2, 0.25) is 0 Å². The molecule has 3 atom stereocenters. The molecule has 180 valence electrons. The lowest BCUT2D eigenvalue weighted by molar-refractivity contribution is -0.202. The molecule has 33 heavy (non-hydrogen) atoms. The number of fused-ring (bicyclic) bond motifs is 1. The molecular formula is C23H28F4N4O2. The third-order valence-electron chi connectivity index (χ3n) is 6.89. The summed E-state index contributed by atoms with van der Waals surface area (Å²) in [5.74, 6) is -1.34. The number of aromatic nitrogens is 1. The molecule has 1 aromatic carbocycles. The average molecular weight is 468 g/mol. The molecule has 6 nitrogen and oxygen atoms in total. The molecule has 2 amide bonds. The Morgan fingerprint density at radius 2 is 1.94 bits per heavy atom. The molecule has 2 aromatic rings. The van der Waals surface area contributed by atoms with Gasteiger partial charge in [0.15, 0.2) is 0 Å². The maximum Gasteiger partial charge on any atom is 0.410 e. The van der Waals surface area contributed by atoms with E-state index in [0.717, 1.165) is 36.6 Å². The Balaban J connectivity index is 1.42. The van der Waals surface area contributed by atoms with Crippen LogP contribution < -0.4 is 5.32 Å². The number of hydrogen-bond donors (Lipinski definition) is 2. The summed E-state index contributed by atoms with van der Waals surface area (Å²) in [6.07, 6.45) is -1.71. The van der Waals surface area contributed by atoms with Crippen LogP contribution in [0.25, 0.3) is 10.9 Å². The van der Waals surface area contributed by atoms with Crippen molar-refractivity contribution in [1.29, 1.82) is 0 Å². The van der Waals surface area contributed by atoms with Crippen LogP contribution in [0, 0.1) is 12.7 Å². The van der Waals surface area contributed by atoms with Crippen molar-refractivity contribution in [1.82, 2.24) is 20.1 Å². The molecule has 0 spiro atoms. The summed E-state index contributed by atoms with van der Waals surface area (Å²) in [5.41, 5.74) is 1.66. The second kappa shape index (κ2) is 8.96. The van der Waals surface area contributed by atoms with Gasteiger partial charge < -0.3 is 15.2 Å². The third kappa shape index (κ3) is 4.85. The van der Waals surface area contributed by atoms with E-state index in [1.807, 2.05) is 6.92 Å². The average Bonchev–Trinajstić information content (AvgIpc) is 3.23. The van der Waals surface area contributed by atoms with Crippen LogP contribution in [-0.4, -0.2) is 70.5 Å². The Labute approximate surface area is 189 Å². The molecule has 4 rings (SSSR count). The molecule has 1 saturated heterocycles. The number of alkyl halides is 3. The molecule has 2 fully saturated rings. The maximum atomic E-state index is 14.1. The molecule has 1 saturated carbocycles. The second-order valence-electron chi connectivity index (χ2n) is 9.09. The Morgan fingerprint density at radius 3 is 2.61 bits per heavy atom. The lowest BCUT2D eigenvalue weighted by atomic mass is 9.89. The van der Waals surface area contributed by atoms with Crippen LogP contribution in [0.1, 0.15) is 48.7 Å². The maximum absolute atomic E-state index is 14.1. The highest BCUT2D eigenvalue weighted by molar-refractivity contribution is 5.99. The number of piperazine rings is 1. The van der Waals surface area contributed by atoms with E-state index in [1.165, 1.54) is 12.1 Å². The zero-order valence-corrected chi connectivity index (χ0v) is 18.6. The van der Waals surface area contributed by atoms with Gasteiger partial charge in [-0.25, -0.2) is 4.39 Å². The monoisotopic (exact) mass is 468 g/mol. The van der Waals surface area contributed by atoms with Crippen molar-refractivity contribution in [2.75, 3.05) is 19.6 Å². The molecule has 1 aromatic heterocycles. The van der Waals surface area contributed by atoms with Crippen molar-refractivity contribution >= 4 is 22.7 Å². The van der Waals surface area contributed by atoms with E-state index in [2.05, 4.69) is 10.3 Å². The smallest absolute Gasteiger partial charge is 0.350 e. The first-order valence-electron chi connectivity index (χ1n) is 11.2. The van der Waals surface area contributed by atoms with Gasteiger partial charge in [0.1, 0.15) is 17.6 Å². The van der Waals surface area contributed by atoms with Crippen LogP contribution in [0.4, 0.5) is 17.6 Å². The number of carbonyl (C=O) groups excluding carboxylic acids is 2. The summed E-state index contributed by atoms with van der Waals surface area (Å²) in [4.78, 5) is 30.2. The van der Waals surface area contributed by atoms with Crippen LogP contribution in [-0.2, 0) is 4.79 Å². The van der Waals surface area contributed by atoms with Crippen molar-refractivity contribution in [3.05, 3.63) is 35.3 Å². The van der Waals surface area contributed by atoms with Gasteiger partial charge in [-0.1, -0.05) is 6.07 Å². The summed E-state index contributed by atoms with van der Waals surface area (Å²) in [6.45, 7) is 3.14. The number of hydrogen-bond acceptors (Lipinski definition) is 3. The quantitative estimate of drug-likeness (QED) is 0.675. The number of halogens is 4. The fraction of sp³-hybridized carbons (Fsp3) is 0.565. The number of H-pyrrole nitrogens is 1. The van der Waals surface area contributed by atoms with E-state index >= 15 is 0 Å². The predicted octanol–water partition coefficient (Wildman–Crippen LogP) is 3.75. The first kappa shape index (κ1) is 23.5. The normalized spacial score (nSPS) is 24.8.